The summed E-state index contributed by atoms with van der Waals surface area (Å²) in [6, 6.07) is 13.8. The van der Waals surface area contributed by atoms with E-state index in [4.69, 9.17) is 0 Å². The number of phenolic OH excluding ortho intramolecular Hbond substituents is 2. The number of rotatable bonds is 20. The molecule has 0 spiro atoms. The van der Waals surface area contributed by atoms with E-state index < -0.39 is 0 Å². The van der Waals surface area contributed by atoms with E-state index >= 15 is 0 Å². The highest BCUT2D eigenvalue weighted by molar-refractivity contribution is 5.86. The lowest BCUT2D eigenvalue weighted by Crippen LogP contribution is -1.90. The quantitative estimate of drug-likeness (QED) is 0.0646. The zero-order valence-corrected chi connectivity index (χ0v) is 29.0. The lowest BCUT2D eigenvalue weighted by atomic mass is 10.1. The molecule has 2 aromatic rings. The lowest BCUT2D eigenvalue weighted by molar-refractivity contribution is 0.474. The Morgan fingerprint density at radius 2 is 0.917 bits per heavy atom. The van der Waals surface area contributed by atoms with Gasteiger partial charge in [0.05, 0.1) is 0 Å². The van der Waals surface area contributed by atoms with Gasteiger partial charge in [0.25, 0.3) is 0 Å². The molecular formula is C42H52N4O2. The van der Waals surface area contributed by atoms with Crippen LogP contribution in [0.15, 0.2) is 57.8 Å². The molecule has 0 saturated carbocycles. The molecule has 0 aliphatic heterocycles. The molecule has 0 radical (unpaired) electrons. The van der Waals surface area contributed by atoms with Gasteiger partial charge in [-0.25, -0.2) is 9.98 Å². The smallest absolute Gasteiger partial charge is 0.176 e. The minimum absolute atomic E-state index is 0.0167. The Morgan fingerprint density at radius 3 is 1.27 bits per heavy atom. The minimum atomic E-state index is -0.222. The van der Waals surface area contributed by atoms with Gasteiger partial charge >= 0.3 is 0 Å². The maximum Gasteiger partial charge on any atom is 0.176 e. The van der Waals surface area contributed by atoms with Crippen molar-refractivity contribution in [1.29, 1.82) is 10.5 Å². The Morgan fingerprint density at radius 1 is 0.562 bits per heavy atom. The van der Waals surface area contributed by atoms with Crippen molar-refractivity contribution in [1.82, 2.24) is 0 Å². The zero-order valence-electron chi connectivity index (χ0n) is 29.0. The molecule has 2 aromatic carbocycles. The van der Waals surface area contributed by atoms with Gasteiger partial charge in [-0.05, 0) is 49.2 Å². The second-order valence-electron chi connectivity index (χ2n) is 12.0. The van der Waals surface area contributed by atoms with E-state index in [1.165, 1.54) is 114 Å². The number of nitriles is 2. The fraction of sp³-hybridized carbons (Fsp3) is 0.476. The number of hydrogen-bond acceptors (Lipinski definition) is 6. The van der Waals surface area contributed by atoms with Crippen molar-refractivity contribution < 1.29 is 10.2 Å². The minimum Gasteiger partial charge on any atom is -0.507 e. The predicted octanol–water partition coefficient (Wildman–Crippen LogP) is 10.7. The van der Waals surface area contributed by atoms with E-state index in [9.17, 15) is 20.7 Å². The standard InChI is InChI=1S/C42H52N4O2/c1-3-5-7-9-11-13-15-17-19-21-23-35-25-27-41(47)37(29-35)33-45-39(31-43)40(32-44)46-34-38-30-36(26-28-42(38)48)24-22-20-18-16-14-12-10-8-6-4-2/h25-30,33-34,47-48H,3-20H2,1-2H3/b40-39-,45-33?,46-34?. The molecule has 6 nitrogen and oxygen atoms in total. The summed E-state index contributed by atoms with van der Waals surface area (Å²) < 4.78 is 0. The van der Waals surface area contributed by atoms with Crippen LogP contribution in [-0.4, -0.2) is 22.6 Å². The Hall–Kier alpha value is -4.78. The molecule has 0 amide bonds. The molecular weight excluding hydrogens is 592 g/mol. The summed E-state index contributed by atoms with van der Waals surface area (Å²) in [4.78, 5) is 8.30. The molecule has 48 heavy (non-hydrogen) atoms. The van der Waals surface area contributed by atoms with Crippen molar-refractivity contribution in [3.8, 4) is 47.3 Å². The maximum absolute atomic E-state index is 10.4. The molecule has 0 atom stereocenters. The fourth-order valence-electron chi connectivity index (χ4n) is 5.05. The van der Waals surface area contributed by atoms with Crippen molar-refractivity contribution >= 4 is 12.4 Å². The molecule has 0 unspecified atom stereocenters. The van der Waals surface area contributed by atoms with E-state index in [1.807, 2.05) is 12.1 Å². The number of benzene rings is 2. The van der Waals surface area contributed by atoms with Crippen LogP contribution in [-0.2, 0) is 0 Å². The lowest BCUT2D eigenvalue weighted by Gasteiger charge is -2.01. The van der Waals surface area contributed by atoms with Gasteiger partial charge < -0.3 is 10.2 Å². The molecule has 0 aliphatic carbocycles. The predicted molar refractivity (Wildman–Crippen MR) is 198 cm³/mol. The first kappa shape index (κ1) is 39.4. The van der Waals surface area contributed by atoms with Crippen LogP contribution in [0, 0.1) is 46.3 Å². The van der Waals surface area contributed by atoms with E-state index in [-0.39, 0.29) is 22.9 Å². The van der Waals surface area contributed by atoms with Gasteiger partial charge in [0.1, 0.15) is 23.6 Å². The average Bonchev–Trinajstić information content (AvgIpc) is 3.10. The van der Waals surface area contributed by atoms with E-state index in [1.54, 1.807) is 24.3 Å². The van der Waals surface area contributed by atoms with Gasteiger partial charge in [-0.2, -0.15) is 10.5 Å². The molecule has 2 rings (SSSR count). The van der Waals surface area contributed by atoms with Crippen LogP contribution in [0.1, 0.15) is 152 Å². The van der Waals surface area contributed by atoms with Crippen molar-refractivity contribution in [2.45, 2.75) is 129 Å². The van der Waals surface area contributed by atoms with E-state index in [0.29, 0.717) is 11.1 Å². The first-order chi connectivity index (χ1) is 23.5. The van der Waals surface area contributed by atoms with Gasteiger partial charge in [0.15, 0.2) is 11.4 Å². The maximum atomic E-state index is 10.4. The summed E-state index contributed by atoms with van der Waals surface area (Å²) in [7, 11) is 0. The Balaban J connectivity index is 2.00. The fourth-order valence-corrected chi connectivity index (χ4v) is 5.05. The highest BCUT2D eigenvalue weighted by Crippen LogP contribution is 2.19. The molecule has 2 N–H and O–H groups in total. The summed E-state index contributed by atoms with van der Waals surface area (Å²) in [5, 5.41) is 40.1. The molecule has 0 aliphatic rings. The molecule has 6 heteroatoms. The topological polar surface area (TPSA) is 113 Å². The molecule has 252 valence electrons. The van der Waals surface area contributed by atoms with Crippen LogP contribution in [0.2, 0.25) is 0 Å². The number of aliphatic imine (C=N–C) groups is 2. The first-order valence-electron chi connectivity index (χ1n) is 17.8. The van der Waals surface area contributed by atoms with Crippen molar-refractivity contribution in [3.63, 3.8) is 0 Å². The summed E-state index contributed by atoms with van der Waals surface area (Å²) in [6.45, 7) is 4.46. The van der Waals surface area contributed by atoms with Crippen LogP contribution >= 0.6 is 0 Å². The third-order valence-electron chi connectivity index (χ3n) is 7.93. The summed E-state index contributed by atoms with van der Waals surface area (Å²) in [5.74, 6) is 12.6. The van der Waals surface area contributed by atoms with E-state index in [0.717, 1.165) is 36.8 Å². The second kappa shape index (κ2) is 25.3. The van der Waals surface area contributed by atoms with Crippen molar-refractivity contribution in [2.24, 2.45) is 9.98 Å². The van der Waals surface area contributed by atoms with Gasteiger partial charge in [-0.1, -0.05) is 127 Å². The van der Waals surface area contributed by atoms with Crippen LogP contribution in [0.3, 0.4) is 0 Å². The van der Waals surface area contributed by atoms with Crippen LogP contribution in [0.4, 0.5) is 0 Å². The third-order valence-corrected chi connectivity index (χ3v) is 7.93. The molecule has 0 fully saturated rings. The monoisotopic (exact) mass is 644 g/mol. The average molecular weight is 645 g/mol. The van der Waals surface area contributed by atoms with Crippen molar-refractivity contribution in [3.05, 3.63) is 70.0 Å². The van der Waals surface area contributed by atoms with Crippen LogP contribution in [0.5, 0.6) is 11.5 Å². The zero-order chi connectivity index (χ0) is 34.7. The number of aromatic hydroxyl groups is 2. The largest absolute Gasteiger partial charge is 0.507 e. The van der Waals surface area contributed by atoms with Gasteiger partial charge in [-0.3, -0.25) is 0 Å². The molecule has 0 saturated heterocycles. The Bertz CT molecular complexity index is 1450. The van der Waals surface area contributed by atoms with Crippen molar-refractivity contribution in [2.75, 3.05) is 0 Å². The van der Waals surface area contributed by atoms with Gasteiger partial charge in [0.2, 0.25) is 0 Å². The summed E-state index contributed by atoms with van der Waals surface area (Å²) in [5.41, 5.74) is 1.76. The summed E-state index contributed by atoms with van der Waals surface area (Å²) in [6.07, 6.45) is 24.3. The van der Waals surface area contributed by atoms with Gasteiger partial charge in [0, 0.05) is 47.5 Å². The highest BCUT2D eigenvalue weighted by atomic mass is 16.3. The first-order valence-corrected chi connectivity index (χ1v) is 17.8. The third kappa shape index (κ3) is 16.7. The number of phenols is 2. The summed E-state index contributed by atoms with van der Waals surface area (Å²) >= 11 is 0. The Labute approximate surface area is 289 Å². The number of unbranched alkanes of at least 4 members (excludes halogenated alkanes) is 16. The number of nitrogens with zero attached hydrogens (tertiary/aromatic N) is 4. The molecule has 0 aromatic heterocycles. The van der Waals surface area contributed by atoms with Crippen LogP contribution < -0.4 is 0 Å². The number of allylic oxidation sites excluding steroid dienone is 2. The second-order valence-corrected chi connectivity index (χ2v) is 12.0. The van der Waals surface area contributed by atoms with E-state index in [2.05, 4.69) is 47.5 Å². The SMILES string of the molecule is CCCCCCCCCCC#Cc1ccc(O)c(C=N/C(C#N)=C(/C#N)N=Cc2cc(C#CCCCCCCCCCC)ccc2O)c1. The highest BCUT2D eigenvalue weighted by Gasteiger charge is 2.06. The normalized spacial score (nSPS) is 11.3. The van der Waals surface area contributed by atoms with Crippen LogP contribution in [0.25, 0.3) is 0 Å². The molecule has 0 bridgehead atoms. The van der Waals surface area contributed by atoms with Gasteiger partial charge in [-0.15, -0.1) is 0 Å². The number of hydrogen-bond donors (Lipinski definition) is 2. The molecule has 0 heterocycles. The Kier molecular flexibility index (Phi) is 20.8.